The lowest BCUT2D eigenvalue weighted by Gasteiger charge is -2.39. The summed E-state index contributed by atoms with van der Waals surface area (Å²) in [6.07, 6.45) is 5.32. The van der Waals surface area contributed by atoms with Gasteiger partial charge in [0.1, 0.15) is 0 Å². The van der Waals surface area contributed by atoms with E-state index in [9.17, 15) is 4.79 Å². The first-order valence-corrected chi connectivity index (χ1v) is 6.90. The lowest BCUT2D eigenvalue weighted by Crippen LogP contribution is -2.54. The molecular weight excluding hydrogens is 214 g/mol. The SMILES string of the molecule is CC1(N)CCCCC1C(=O)N1CCCNCC1. The van der Waals surface area contributed by atoms with Crippen LogP contribution in [0.25, 0.3) is 0 Å². The first-order valence-electron chi connectivity index (χ1n) is 6.90. The molecule has 4 nitrogen and oxygen atoms in total. The summed E-state index contributed by atoms with van der Waals surface area (Å²) in [5, 5.41) is 3.33. The second-order valence-corrected chi connectivity index (χ2v) is 5.73. The number of amides is 1. The normalized spacial score (nSPS) is 35.4. The predicted octanol–water partition coefficient (Wildman–Crippen LogP) is 0.716. The van der Waals surface area contributed by atoms with Crippen LogP contribution in [0.2, 0.25) is 0 Å². The molecule has 98 valence electrons. The van der Waals surface area contributed by atoms with Crippen LogP contribution in [0.4, 0.5) is 0 Å². The molecule has 4 heteroatoms. The highest BCUT2D eigenvalue weighted by molar-refractivity contribution is 5.80. The summed E-state index contributed by atoms with van der Waals surface area (Å²) >= 11 is 0. The Morgan fingerprint density at radius 1 is 1.29 bits per heavy atom. The first-order chi connectivity index (χ1) is 8.11. The first kappa shape index (κ1) is 12.8. The average Bonchev–Trinajstić information content (AvgIpc) is 2.56. The van der Waals surface area contributed by atoms with E-state index in [1.54, 1.807) is 0 Å². The molecule has 0 aromatic rings. The van der Waals surface area contributed by atoms with Crippen LogP contribution in [0.1, 0.15) is 39.0 Å². The Labute approximate surface area is 104 Å². The van der Waals surface area contributed by atoms with Gasteiger partial charge < -0.3 is 16.0 Å². The van der Waals surface area contributed by atoms with Gasteiger partial charge >= 0.3 is 0 Å². The van der Waals surface area contributed by atoms with Crippen LogP contribution in [0.15, 0.2) is 0 Å². The zero-order valence-electron chi connectivity index (χ0n) is 10.9. The van der Waals surface area contributed by atoms with Gasteiger partial charge in [-0.25, -0.2) is 0 Å². The molecule has 1 aliphatic carbocycles. The third-order valence-electron chi connectivity index (χ3n) is 4.20. The minimum atomic E-state index is -0.297. The highest BCUT2D eigenvalue weighted by atomic mass is 16.2. The van der Waals surface area contributed by atoms with E-state index in [0.29, 0.717) is 5.91 Å². The summed E-state index contributed by atoms with van der Waals surface area (Å²) in [4.78, 5) is 14.6. The van der Waals surface area contributed by atoms with Gasteiger partial charge in [0.15, 0.2) is 0 Å². The van der Waals surface area contributed by atoms with Crippen molar-refractivity contribution in [2.45, 2.75) is 44.6 Å². The monoisotopic (exact) mass is 239 g/mol. The molecule has 2 fully saturated rings. The van der Waals surface area contributed by atoms with Crippen LogP contribution in [0, 0.1) is 5.92 Å². The number of nitrogens with two attached hydrogens (primary N) is 1. The molecule has 1 aliphatic heterocycles. The lowest BCUT2D eigenvalue weighted by atomic mass is 9.74. The summed E-state index contributed by atoms with van der Waals surface area (Å²) in [6.45, 7) is 5.71. The highest BCUT2D eigenvalue weighted by Gasteiger charge is 2.39. The molecule has 0 aromatic carbocycles. The van der Waals surface area contributed by atoms with Crippen molar-refractivity contribution >= 4 is 5.91 Å². The Morgan fingerprint density at radius 2 is 2.12 bits per heavy atom. The number of nitrogens with one attached hydrogen (secondary N) is 1. The maximum atomic E-state index is 12.5. The van der Waals surface area contributed by atoms with Crippen LogP contribution in [0.5, 0.6) is 0 Å². The summed E-state index contributed by atoms with van der Waals surface area (Å²) in [7, 11) is 0. The quantitative estimate of drug-likeness (QED) is 0.709. The van der Waals surface area contributed by atoms with E-state index < -0.39 is 0 Å². The van der Waals surface area contributed by atoms with Gasteiger partial charge in [0.25, 0.3) is 0 Å². The van der Waals surface area contributed by atoms with Crippen molar-refractivity contribution in [2.24, 2.45) is 11.7 Å². The van der Waals surface area contributed by atoms with Crippen LogP contribution in [-0.4, -0.2) is 42.5 Å². The molecule has 2 atom stereocenters. The van der Waals surface area contributed by atoms with Gasteiger partial charge in [0.05, 0.1) is 5.92 Å². The zero-order chi connectivity index (χ0) is 12.3. The minimum Gasteiger partial charge on any atom is -0.341 e. The largest absolute Gasteiger partial charge is 0.341 e. The fourth-order valence-corrected chi connectivity index (χ4v) is 3.05. The smallest absolute Gasteiger partial charge is 0.227 e. The van der Waals surface area contributed by atoms with Gasteiger partial charge in [-0.2, -0.15) is 0 Å². The summed E-state index contributed by atoms with van der Waals surface area (Å²) < 4.78 is 0. The molecule has 2 unspecified atom stereocenters. The molecule has 0 radical (unpaired) electrons. The van der Waals surface area contributed by atoms with Gasteiger partial charge in [0.2, 0.25) is 5.91 Å². The van der Waals surface area contributed by atoms with Gasteiger partial charge in [0, 0.05) is 25.2 Å². The van der Waals surface area contributed by atoms with Crippen molar-refractivity contribution in [3.63, 3.8) is 0 Å². The van der Waals surface area contributed by atoms with E-state index in [4.69, 9.17) is 5.73 Å². The zero-order valence-corrected chi connectivity index (χ0v) is 10.9. The molecule has 1 saturated heterocycles. The third kappa shape index (κ3) is 2.99. The van der Waals surface area contributed by atoms with Gasteiger partial charge in [-0.15, -0.1) is 0 Å². The van der Waals surface area contributed by atoms with E-state index in [2.05, 4.69) is 5.32 Å². The van der Waals surface area contributed by atoms with Crippen LogP contribution in [-0.2, 0) is 4.79 Å². The Bertz CT molecular complexity index is 270. The van der Waals surface area contributed by atoms with Gasteiger partial charge in [-0.05, 0) is 32.7 Å². The van der Waals surface area contributed by atoms with Gasteiger partial charge in [-0.1, -0.05) is 12.8 Å². The summed E-state index contributed by atoms with van der Waals surface area (Å²) in [6, 6.07) is 0. The fourth-order valence-electron chi connectivity index (χ4n) is 3.05. The molecule has 1 heterocycles. The van der Waals surface area contributed by atoms with E-state index in [1.807, 2.05) is 11.8 Å². The number of hydrogen-bond donors (Lipinski definition) is 2. The molecule has 0 aromatic heterocycles. The molecule has 0 bridgehead atoms. The van der Waals surface area contributed by atoms with Crippen molar-refractivity contribution < 1.29 is 4.79 Å². The lowest BCUT2D eigenvalue weighted by molar-refractivity contribution is -0.138. The van der Waals surface area contributed by atoms with E-state index in [0.717, 1.165) is 51.9 Å². The number of nitrogens with zero attached hydrogens (tertiary/aromatic N) is 1. The molecule has 17 heavy (non-hydrogen) atoms. The average molecular weight is 239 g/mol. The highest BCUT2D eigenvalue weighted by Crippen LogP contribution is 2.32. The number of carbonyl (C=O) groups excluding carboxylic acids is 1. The minimum absolute atomic E-state index is 0.0364. The van der Waals surface area contributed by atoms with E-state index in [1.165, 1.54) is 6.42 Å². The second-order valence-electron chi connectivity index (χ2n) is 5.73. The van der Waals surface area contributed by atoms with Crippen LogP contribution >= 0.6 is 0 Å². The van der Waals surface area contributed by atoms with Crippen LogP contribution in [0.3, 0.4) is 0 Å². The Hall–Kier alpha value is -0.610. The molecule has 0 spiro atoms. The topological polar surface area (TPSA) is 58.4 Å². The third-order valence-corrected chi connectivity index (χ3v) is 4.20. The molecule has 2 rings (SSSR count). The molecule has 1 saturated carbocycles. The number of rotatable bonds is 1. The molecular formula is C13H25N3O. The summed E-state index contributed by atoms with van der Waals surface area (Å²) in [5.74, 6) is 0.327. The maximum absolute atomic E-state index is 12.5. The second kappa shape index (κ2) is 5.36. The van der Waals surface area contributed by atoms with Crippen molar-refractivity contribution in [3.8, 4) is 0 Å². The van der Waals surface area contributed by atoms with Crippen molar-refractivity contribution in [1.82, 2.24) is 10.2 Å². The Kier molecular flexibility index (Phi) is 4.05. The fraction of sp³-hybridized carbons (Fsp3) is 0.923. The van der Waals surface area contributed by atoms with E-state index in [-0.39, 0.29) is 11.5 Å². The maximum Gasteiger partial charge on any atom is 0.227 e. The van der Waals surface area contributed by atoms with Crippen molar-refractivity contribution in [2.75, 3.05) is 26.2 Å². The molecule has 1 amide bonds. The molecule has 2 aliphatic rings. The standard InChI is InChI=1S/C13H25N3O/c1-13(14)6-3-2-5-11(13)12(17)16-9-4-7-15-8-10-16/h11,15H,2-10,14H2,1H3. The van der Waals surface area contributed by atoms with Crippen molar-refractivity contribution in [1.29, 1.82) is 0 Å². The number of carbonyl (C=O) groups is 1. The van der Waals surface area contributed by atoms with E-state index >= 15 is 0 Å². The summed E-state index contributed by atoms with van der Waals surface area (Å²) in [5.41, 5.74) is 6.01. The van der Waals surface area contributed by atoms with Gasteiger partial charge in [-0.3, -0.25) is 4.79 Å². The van der Waals surface area contributed by atoms with Crippen molar-refractivity contribution in [3.05, 3.63) is 0 Å². The number of hydrogen-bond acceptors (Lipinski definition) is 3. The molecule has 3 N–H and O–H groups in total. The predicted molar refractivity (Wildman–Crippen MR) is 68.6 cm³/mol. The Balaban J connectivity index is 2.01. The van der Waals surface area contributed by atoms with Crippen LogP contribution < -0.4 is 11.1 Å². The Morgan fingerprint density at radius 3 is 2.88 bits per heavy atom.